The minimum absolute atomic E-state index is 0. The van der Waals surface area contributed by atoms with Crippen LogP contribution in [0.3, 0.4) is 0 Å². The van der Waals surface area contributed by atoms with Crippen LogP contribution >= 0.6 is 0 Å². The maximum Gasteiger partial charge on any atom is 0.396 e. The summed E-state index contributed by atoms with van der Waals surface area (Å²) in [6.07, 6.45) is 0. The molecule has 0 aromatic heterocycles. The molecule has 0 radical (unpaired) electrons. The van der Waals surface area contributed by atoms with Crippen LogP contribution in [0.4, 0.5) is 0 Å². The molecule has 0 N–H and O–H groups in total. The average molecular weight is 585 g/mol. The molecular weight excluding hydrogens is 512 g/mol. The highest BCUT2D eigenvalue weighted by atomic mass is 28.4. The number of carbonyl (C=O) groups excluding carboxylic acids is 2. The van der Waals surface area contributed by atoms with Gasteiger partial charge < -0.3 is 17.7 Å². The van der Waals surface area contributed by atoms with Gasteiger partial charge in [0, 0.05) is 49.9 Å². The number of hydrogen-bond donors (Lipinski definition) is 0. The van der Waals surface area contributed by atoms with E-state index in [-0.39, 0.29) is 58.5 Å². The quantitative estimate of drug-likeness (QED) is 0.244. The van der Waals surface area contributed by atoms with Gasteiger partial charge in [-0.05, 0) is 116 Å². The van der Waals surface area contributed by atoms with Crippen LogP contribution in [0.25, 0.3) is 0 Å². The van der Waals surface area contributed by atoms with Gasteiger partial charge in [-0.3, -0.25) is 4.79 Å². The van der Waals surface area contributed by atoms with Crippen LogP contribution in [0.15, 0.2) is 0 Å². The molecule has 0 heterocycles. The molecule has 0 rings (SSSR count). The van der Waals surface area contributed by atoms with E-state index < -0.39 is 23.1 Å². The summed E-state index contributed by atoms with van der Waals surface area (Å²) in [5, 5.41) is 0. The van der Waals surface area contributed by atoms with Crippen LogP contribution in [-0.2, 0) is 27.3 Å². The fourth-order valence-corrected chi connectivity index (χ4v) is 2.55. The molecule has 8 heteroatoms. The first kappa shape index (κ1) is 47.0. The van der Waals surface area contributed by atoms with E-state index in [4.69, 9.17) is 17.7 Å². The van der Waals surface area contributed by atoms with Crippen molar-refractivity contribution in [2.45, 2.75) is 69.7 Å². The van der Waals surface area contributed by atoms with E-state index in [1.807, 2.05) is 13.1 Å². The molecule has 236 valence electrons. The second-order valence-electron chi connectivity index (χ2n) is 6.32. The van der Waals surface area contributed by atoms with Crippen molar-refractivity contribution >= 4 is 29.1 Å². The van der Waals surface area contributed by atoms with Crippen molar-refractivity contribution < 1.29 is 50.1 Å². The summed E-state index contributed by atoms with van der Waals surface area (Å²) in [6.45, 7) is 10.2. The van der Waals surface area contributed by atoms with Crippen molar-refractivity contribution in [3.8, 4) is 94.7 Å². The normalized spacial score (nSPS) is 6.95. The van der Waals surface area contributed by atoms with Gasteiger partial charge in [0.05, 0.1) is 0 Å². The van der Waals surface area contributed by atoms with E-state index in [2.05, 4.69) is 94.7 Å². The molecule has 0 bridgehead atoms. The number of rotatable bonds is 4. The van der Waals surface area contributed by atoms with Crippen LogP contribution in [0.1, 0.15) is 66.4 Å². The Balaban J connectivity index is -0.0000000161. The molecule has 38 heavy (non-hydrogen) atoms. The monoisotopic (exact) mass is 584 g/mol. The maximum atomic E-state index is 11.3. The number of hydrogen-bond acceptors (Lipinski definition) is 6. The van der Waals surface area contributed by atoms with Crippen molar-refractivity contribution in [3.05, 3.63) is 0 Å². The summed E-state index contributed by atoms with van der Waals surface area (Å²) in [5.41, 5.74) is 0. The predicted molar refractivity (Wildman–Crippen MR) is 195 cm³/mol. The highest BCUT2D eigenvalue weighted by molar-refractivity contribution is 6.66. The lowest BCUT2D eigenvalue weighted by atomic mass is 10.5. The van der Waals surface area contributed by atoms with Gasteiger partial charge in [0.25, 0.3) is 5.97 Å². The van der Waals surface area contributed by atoms with Crippen molar-refractivity contribution in [3.63, 3.8) is 0 Å². The second-order valence-corrected chi connectivity index (χ2v) is 13.1. The van der Waals surface area contributed by atoms with E-state index in [0.717, 1.165) is 0 Å². The summed E-state index contributed by atoms with van der Waals surface area (Å²) in [6, 6.07) is 0. The summed E-state index contributed by atoms with van der Waals surface area (Å²) < 4.78 is 19.9. The van der Waals surface area contributed by atoms with Gasteiger partial charge in [-0.1, -0.05) is 35.6 Å². The Morgan fingerprint density at radius 3 is 1.11 bits per heavy atom. The van der Waals surface area contributed by atoms with E-state index in [1.165, 1.54) is 14.0 Å². The summed E-state index contributed by atoms with van der Waals surface area (Å²) in [7, 11) is -1.49. The lowest BCUT2D eigenvalue weighted by Crippen LogP contribution is -2.35. The first-order valence-electron chi connectivity index (χ1n) is 9.45. The van der Waals surface area contributed by atoms with E-state index in [1.54, 1.807) is 27.1 Å². The maximum absolute atomic E-state index is 11.3. The van der Waals surface area contributed by atoms with Gasteiger partial charge in [-0.25, -0.2) is 4.79 Å². The van der Waals surface area contributed by atoms with Crippen LogP contribution in [-0.4, -0.2) is 43.3 Å². The van der Waals surface area contributed by atoms with Gasteiger partial charge in [0.1, 0.15) is 0 Å². The molecular formula is C30H72O6Si2. The van der Waals surface area contributed by atoms with E-state index in [9.17, 15) is 9.59 Å². The van der Waals surface area contributed by atoms with Gasteiger partial charge >= 0.3 is 23.1 Å². The van der Waals surface area contributed by atoms with Crippen LogP contribution in [0.5, 0.6) is 0 Å². The Bertz CT molecular complexity index is 1280. The smallest absolute Gasteiger partial charge is 0.396 e. The van der Waals surface area contributed by atoms with Gasteiger partial charge in [-0.2, -0.15) is 0 Å². The molecule has 0 aliphatic carbocycles. The highest BCUT2D eigenvalue weighted by Gasteiger charge is 2.27. The molecule has 0 atom stereocenters. The SMILES string of the molecule is C.C.C.C.CC#CC#CC#CC#CC#CC#CC#CC#CC(=O)O[Si](C)(C)OC.CO[Si](C)(C)OC(C)=O.[HH].[HH].[HH].[HH].[HH].[HH].[HH].[HH].[HH].[HH].[HH].[HH].[HH].[HH].[HH].[HH]. The molecule has 0 aromatic rings. The Hall–Kier alpha value is -4.23. The molecule has 0 aromatic carbocycles. The first-order chi connectivity index (χ1) is 16.0. The summed E-state index contributed by atoms with van der Waals surface area (Å²) in [5.74, 6) is 38.4. The highest BCUT2D eigenvalue weighted by Crippen LogP contribution is 2.04. The zero-order chi connectivity index (χ0) is 26.3. The van der Waals surface area contributed by atoms with E-state index in [0.29, 0.717) is 0 Å². The second kappa shape index (κ2) is 29.0. The van der Waals surface area contributed by atoms with Gasteiger partial charge in [-0.15, -0.1) is 0 Å². The van der Waals surface area contributed by atoms with Crippen LogP contribution in [0.2, 0.25) is 26.2 Å². The third-order valence-corrected chi connectivity index (χ3v) is 6.24. The predicted octanol–water partition coefficient (Wildman–Crippen LogP) is 8.30. The minimum atomic E-state index is -2.43. The van der Waals surface area contributed by atoms with Crippen LogP contribution < -0.4 is 0 Å². The number of carbonyl (C=O) groups is 2. The molecule has 0 unspecified atom stereocenters. The van der Waals surface area contributed by atoms with Crippen molar-refractivity contribution in [2.24, 2.45) is 0 Å². The zero-order valence-corrected chi connectivity index (χ0v) is 22.4. The minimum Gasteiger partial charge on any atom is -0.495 e. The first-order valence-corrected chi connectivity index (χ1v) is 15.1. The fourth-order valence-electron chi connectivity index (χ4n) is 1.20. The van der Waals surface area contributed by atoms with Crippen molar-refractivity contribution in [1.29, 1.82) is 0 Å². The Kier molecular flexibility index (Phi) is 35.9. The topological polar surface area (TPSA) is 71.1 Å². The Labute approximate surface area is 258 Å². The zero-order valence-electron chi connectivity index (χ0n) is 20.4. The lowest BCUT2D eigenvalue weighted by molar-refractivity contribution is -0.134. The van der Waals surface area contributed by atoms with Gasteiger partial charge in [0.2, 0.25) is 0 Å². The van der Waals surface area contributed by atoms with Gasteiger partial charge in [0.15, 0.2) is 0 Å². The summed E-state index contributed by atoms with van der Waals surface area (Å²) >= 11 is 0. The Morgan fingerprint density at radius 2 is 0.842 bits per heavy atom. The average Bonchev–Trinajstić information content (AvgIpc) is 2.75. The third-order valence-electron chi connectivity index (χ3n) is 2.81. The van der Waals surface area contributed by atoms with E-state index >= 15 is 0 Å². The molecule has 0 spiro atoms. The molecule has 0 fully saturated rings. The van der Waals surface area contributed by atoms with Crippen molar-refractivity contribution in [1.82, 2.24) is 0 Å². The Morgan fingerprint density at radius 1 is 0.553 bits per heavy atom. The standard InChI is InChI=1S/C21H12O3Si.C5H12O3Si.4CH4.16H2/c1-5-6-7-8-9-10-11-12-13-14-15-16-17-18-19-20-21(22)24-25(3,4)23-2;1-5(6)8-9(3,4)7-2;;;;;;;;;;;;;;;;;;;;/h1-4H3;1-4H3;4*1H4;16*1H. The largest absolute Gasteiger partial charge is 0.495 e. The molecule has 0 saturated heterocycles. The molecule has 0 aliphatic heterocycles. The summed E-state index contributed by atoms with van der Waals surface area (Å²) in [4.78, 5) is 21.7. The molecule has 0 amide bonds. The molecule has 0 aliphatic rings. The van der Waals surface area contributed by atoms with Crippen LogP contribution in [0, 0.1) is 94.7 Å². The van der Waals surface area contributed by atoms with Crippen molar-refractivity contribution in [2.75, 3.05) is 14.2 Å². The third kappa shape index (κ3) is 36.3. The molecule has 0 saturated carbocycles. The fraction of sp³-hybridized carbons (Fsp3) is 0.400. The molecule has 6 nitrogen and oxygen atoms in total. The lowest BCUT2D eigenvalue weighted by Gasteiger charge is -2.18.